The molecule has 0 aliphatic carbocycles. The van der Waals surface area contributed by atoms with Crippen molar-refractivity contribution in [2.45, 2.75) is 20.8 Å². The summed E-state index contributed by atoms with van der Waals surface area (Å²) in [5, 5.41) is 8.93. The lowest BCUT2D eigenvalue weighted by atomic mass is 10.3. The van der Waals surface area contributed by atoms with E-state index in [1.807, 2.05) is 4.90 Å². The molecule has 0 N–H and O–H groups in total. The molecule has 1 saturated heterocycles. The molecule has 1 aliphatic heterocycles. The smallest absolute Gasteiger partial charge is 0.134 e. The van der Waals surface area contributed by atoms with Crippen LogP contribution in [0.5, 0.6) is 0 Å². The Kier molecular flexibility index (Phi) is 13.3. The molecule has 7 nitrogen and oxygen atoms in total. The van der Waals surface area contributed by atoms with E-state index in [-0.39, 0.29) is 0 Å². The van der Waals surface area contributed by atoms with Gasteiger partial charge in [-0.1, -0.05) is 20.8 Å². The van der Waals surface area contributed by atoms with E-state index < -0.39 is 0 Å². The zero-order valence-corrected chi connectivity index (χ0v) is 17.8. The van der Waals surface area contributed by atoms with Gasteiger partial charge in [0.1, 0.15) is 6.29 Å². The summed E-state index contributed by atoms with van der Waals surface area (Å²) >= 11 is 0. The summed E-state index contributed by atoms with van der Waals surface area (Å²) in [5.74, 6) is 0. The van der Waals surface area contributed by atoms with Gasteiger partial charge in [0.2, 0.25) is 0 Å². The molecule has 0 amide bonds. The van der Waals surface area contributed by atoms with Gasteiger partial charge in [-0.25, -0.2) is 0 Å². The standard InChI is InChI=1S/C20H40N6O/c1-4-22(5-2)9-12-25-13-10-23(6-3)11-14-26(18-17-25)16-15-24(8-7-21)19-20-27/h20H,4-6,8-19H2,1-3H3. The first-order valence-corrected chi connectivity index (χ1v) is 10.6. The largest absolute Gasteiger partial charge is 0.303 e. The van der Waals surface area contributed by atoms with Crippen LogP contribution in [0.15, 0.2) is 0 Å². The second kappa shape index (κ2) is 14.9. The number of hydrogen-bond donors (Lipinski definition) is 0. The first-order valence-electron chi connectivity index (χ1n) is 10.6. The molecular weight excluding hydrogens is 340 g/mol. The van der Waals surface area contributed by atoms with E-state index in [1.165, 1.54) is 0 Å². The van der Waals surface area contributed by atoms with Crippen LogP contribution in [0.25, 0.3) is 0 Å². The summed E-state index contributed by atoms with van der Waals surface area (Å²) < 4.78 is 0. The Hall–Kier alpha value is -1.04. The number of rotatable bonds is 12. The lowest BCUT2D eigenvalue weighted by Crippen LogP contribution is -2.42. The van der Waals surface area contributed by atoms with Crippen molar-refractivity contribution in [1.82, 2.24) is 24.5 Å². The van der Waals surface area contributed by atoms with Gasteiger partial charge in [0.15, 0.2) is 0 Å². The van der Waals surface area contributed by atoms with E-state index in [0.717, 1.165) is 91.4 Å². The number of hydrogen-bond acceptors (Lipinski definition) is 7. The Morgan fingerprint density at radius 1 is 0.852 bits per heavy atom. The number of nitrogens with zero attached hydrogens (tertiary/aromatic N) is 6. The molecule has 1 aliphatic rings. The molecule has 0 radical (unpaired) electrons. The lowest BCUT2D eigenvalue weighted by Gasteiger charge is -2.29. The quantitative estimate of drug-likeness (QED) is 0.356. The van der Waals surface area contributed by atoms with Crippen LogP contribution in [-0.4, -0.2) is 129 Å². The molecule has 0 unspecified atom stereocenters. The highest BCUT2D eigenvalue weighted by atomic mass is 16.1. The van der Waals surface area contributed by atoms with Crippen LogP contribution >= 0.6 is 0 Å². The van der Waals surface area contributed by atoms with Crippen molar-refractivity contribution in [2.75, 3.05) is 98.2 Å². The normalized spacial score (nSPS) is 18.2. The van der Waals surface area contributed by atoms with Crippen LogP contribution in [0, 0.1) is 11.3 Å². The first-order chi connectivity index (χ1) is 13.2. The van der Waals surface area contributed by atoms with Gasteiger partial charge >= 0.3 is 0 Å². The Bertz CT molecular complexity index is 423. The van der Waals surface area contributed by atoms with E-state index in [9.17, 15) is 4.79 Å². The minimum Gasteiger partial charge on any atom is -0.303 e. The van der Waals surface area contributed by atoms with Crippen molar-refractivity contribution < 1.29 is 4.79 Å². The van der Waals surface area contributed by atoms with Crippen molar-refractivity contribution in [3.8, 4) is 6.07 Å². The van der Waals surface area contributed by atoms with Gasteiger partial charge < -0.3 is 14.6 Å². The number of nitriles is 1. The van der Waals surface area contributed by atoms with Gasteiger partial charge in [-0.3, -0.25) is 14.7 Å². The Labute approximate surface area is 166 Å². The summed E-state index contributed by atoms with van der Waals surface area (Å²) in [6.07, 6.45) is 0.892. The highest BCUT2D eigenvalue weighted by Crippen LogP contribution is 2.02. The van der Waals surface area contributed by atoms with Gasteiger partial charge in [-0.15, -0.1) is 0 Å². The van der Waals surface area contributed by atoms with Crippen LogP contribution in [0.1, 0.15) is 20.8 Å². The SMILES string of the molecule is CCN(CC)CCN1CCN(CC)CCN(CCN(CC#N)CC=O)CC1. The second-order valence-electron chi connectivity index (χ2n) is 7.20. The molecule has 27 heavy (non-hydrogen) atoms. The van der Waals surface area contributed by atoms with Crippen molar-refractivity contribution in [2.24, 2.45) is 0 Å². The molecule has 0 spiro atoms. The maximum atomic E-state index is 10.8. The maximum Gasteiger partial charge on any atom is 0.134 e. The topological polar surface area (TPSA) is 57.1 Å². The third kappa shape index (κ3) is 10.2. The molecule has 0 bridgehead atoms. The van der Waals surface area contributed by atoms with Crippen LogP contribution in [0.3, 0.4) is 0 Å². The monoisotopic (exact) mass is 380 g/mol. The predicted molar refractivity (Wildman–Crippen MR) is 111 cm³/mol. The van der Waals surface area contributed by atoms with Gasteiger partial charge in [-0.05, 0) is 19.6 Å². The first kappa shape index (κ1) is 24.0. The minimum atomic E-state index is 0.323. The maximum absolute atomic E-state index is 10.8. The Morgan fingerprint density at radius 3 is 1.74 bits per heavy atom. The highest BCUT2D eigenvalue weighted by molar-refractivity contribution is 5.52. The van der Waals surface area contributed by atoms with E-state index >= 15 is 0 Å². The number of carbonyl (C=O) groups excluding carboxylic acids is 1. The summed E-state index contributed by atoms with van der Waals surface area (Å²) in [6.45, 7) is 21.2. The molecule has 1 heterocycles. The van der Waals surface area contributed by atoms with Gasteiger partial charge in [-0.2, -0.15) is 5.26 Å². The van der Waals surface area contributed by atoms with E-state index in [2.05, 4.69) is 46.4 Å². The molecule has 1 fully saturated rings. The fourth-order valence-electron chi connectivity index (χ4n) is 3.49. The average Bonchev–Trinajstić information content (AvgIpc) is 2.78. The van der Waals surface area contributed by atoms with Crippen molar-refractivity contribution >= 4 is 6.29 Å². The molecule has 1 rings (SSSR count). The second-order valence-corrected chi connectivity index (χ2v) is 7.20. The minimum absolute atomic E-state index is 0.323. The van der Waals surface area contributed by atoms with Crippen LogP contribution in [0.2, 0.25) is 0 Å². The summed E-state index contributed by atoms with van der Waals surface area (Å²) in [5.41, 5.74) is 0. The zero-order chi connectivity index (χ0) is 19.9. The molecule has 156 valence electrons. The molecule has 0 atom stereocenters. The Morgan fingerprint density at radius 2 is 1.33 bits per heavy atom. The Balaban J connectivity index is 2.58. The molecule has 7 heteroatoms. The number of likely N-dealkylation sites (N-methyl/N-ethyl adjacent to an activating group) is 2. The van der Waals surface area contributed by atoms with Crippen LogP contribution in [-0.2, 0) is 4.79 Å². The van der Waals surface area contributed by atoms with E-state index in [0.29, 0.717) is 13.1 Å². The number of carbonyl (C=O) groups is 1. The summed E-state index contributed by atoms with van der Waals surface area (Å²) in [4.78, 5) is 22.8. The predicted octanol–water partition coefficient (Wildman–Crippen LogP) is 0.292. The highest BCUT2D eigenvalue weighted by Gasteiger charge is 2.17. The van der Waals surface area contributed by atoms with E-state index in [4.69, 9.17) is 5.26 Å². The average molecular weight is 381 g/mol. The van der Waals surface area contributed by atoms with Crippen molar-refractivity contribution in [1.29, 1.82) is 5.26 Å². The summed E-state index contributed by atoms with van der Waals surface area (Å²) in [7, 11) is 0. The van der Waals surface area contributed by atoms with Crippen molar-refractivity contribution in [3.05, 3.63) is 0 Å². The third-order valence-corrected chi connectivity index (χ3v) is 5.63. The molecule has 0 saturated carbocycles. The van der Waals surface area contributed by atoms with Crippen molar-refractivity contribution in [3.63, 3.8) is 0 Å². The van der Waals surface area contributed by atoms with Gasteiger partial charge in [0.25, 0.3) is 0 Å². The molecule has 0 aromatic rings. The van der Waals surface area contributed by atoms with Crippen LogP contribution in [0.4, 0.5) is 0 Å². The fourth-order valence-corrected chi connectivity index (χ4v) is 3.49. The molecule has 0 aromatic carbocycles. The molecule has 0 aromatic heterocycles. The fraction of sp³-hybridized carbons (Fsp3) is 0.900. The van der Waals surface area contributed by atoms with E-state index in [1.54, 1.807) is 0 Å². The summed E-state index contributed by atoms with van der Waals surface area (Å²) in [6, 6.07) is 2.16. The van der Waals surface area contributed by atoms with Gasteiger partial charge in [0.05, 0.1) is 19.2 Å². The number of aldehydes is 1. The van der Waals surface area contributed by atoms with Gasteiger partial charge in [0, 0.05) is 65.4 Å². The third-order valence-electron chi connectivity index (χ3n) is 5.63. The molecular formula is C20H40N6O. The van der Waals surface area contributed by atoms with Crippen LogP contribution < -0.4 is 0 Å². The zero-order valence-electron chi connectivity index (χ0n) is 17.8. The lowest BCUT2D eigenvalue weighted by molar-refractivity contribution is -0.108.